The van der Waals surface area contributed by atoms with Crippen molar-refractivity contribution in [3.63, 3.8) is 0 Å². The molecule has 1 aliphatic rings. The Hall–Kier alpha value is -2.32. The van der Waals surface area contributed by atoms with E-state index in [-0.39, 0.29) is 12.9 Å². The van der Waals surface area contributed by atoms with Crippen LogP contribution < -0.4 is 0 Å². The number of ether oxygens (including phenoxy) is 5. The van der Waals surface area contributed by atoms with E-state index in [4.69, 9.17) is 23.7 Å². The van der Waals surface area contributed by atoms with Gasteiger partial charge >= 0.3 is 0 Å². The maximum absolute atomic E-state index is 11.5. The SMILES string of the molecule is C=C[C@@H](OCC)[C@H](OCc1ccccc1)[C@@H](OCc1ccccc1)C(O)C(=C)COC1CCCCO1. The predicted octanol–water partition coefficient (Wildman–Crippen LogP) is 5.21. The molecule has 0 bridgehead atoms. The van der Waals surface area contributed by atoms with E-state index in [1.807, 2.05) is 67.6 Å². The van der Waals surface area contributed by atoms with Gasteiger partial charge in [0.05, 0.1) is 19.8 Å². The first-order chi connectivity index (χ1) is 17.6. The summed E-state index contributed by atoms with van der Waals surface area (Å²) in [5.74, 6) is 0. The molecule has 5 atom stereocenters. The Morgan fingerprint density at radius 1 is 0.972 bits per heavy atom. The van der Waals surface area contributed by atoms with Crippen LogP contribution in [0.2, 0.25) is 0 Å². The van der Waals surface area contributed by atoms with E-state index in [1.54, 1.807) is 6.08 Å². The van der Waals surface area contributed by atoms with Gasteiger partial charge in [-0.2, -0.15) is 0 Å². The van der Waals surface area contributed by atoms with Crippen LogP contribution in [0.1, 0.15) is 37.3 Å². The Balaban J connectivity index is 1.78. The zero-order valence-electron chi connectivity index (χ0n) is 21.3. The summed E-state index contributed by atoms with van der Waals surface area (Å²) < 4.78 is 30.2. The van der Waals surface area contributed by atoms with Gasteiger partial charge in [-0.05, 0) is 42.9 Å². The van der Waals surface area contributed by atoms with Gasteiger partial charge in [0, 0.05) is 13.2 Å². The largest absolute Gasteiger partial charge is 0.386 e. The van der Waals surface area contributed by atoms with Crippen molar-refractivity contribution in [1.82, 2.24) is 0 Å². The van der Waals surface area contributed by atoms with E-state index >= 15 is 0 Å². The molecule has 0 radical (unpaired) electrons. The van der Waals surface area contributed by atoms with Crippen LogP contribution in [0.5, 0.6) is 0 Å². The van der Waals surface area contributed by atoms with Gasteiger partial charge in [-0.25, -0.2) is 0 Å². The normalized spacial score (nSPS) is 19.2. The van der Waals surface area contributed by atoms with Crippen molar-refractivity contribution in [1.29, 1.82) is 0 Å². The highest BCUT2D eigenvalue weighted by Gasteiger charge is 2.37. The van der Waals surface area contributed by atoms with Crippen molar-refractivity contribution in [3.8, 4) is 0 Å². The monoisotopic (exact) mass is 496 g/mol. The summed E-state index contributed by atoms with van der Waals surface area (Å²) in [6.07, 6.45) is 1.40. The lowest BCUT2D eigenvalue weighted by atomic mass is 9.97. The third-order valence-corrected chi connectivity index (χ3v) is 6.13. The van der Waals surface area contributed by atoms with Crippen molar-refractivity contribution in [2.24, 2.45) is 0 Å². The van der Waals surface area contributed by atoms with Crippen LogP contribution in [0.4, 0.5) is 0 Å². The third kappa shape index (κ3) is 8.96. The molecule has 36 heavy (non-hydrogen) atoms. The summed E-state index contributed by atoms with van der Waals surface area (Å²) >= 11 is 0. The molecule has 1 aliphatic heterocycles. The molecule has 3 rings (SSSR count). The Bertz CT molecular complexity index is 881. The van der Waals surface area contributed by atoms with E-state index in [2.05, 4.69) is 13.2 Å². The first-order valence-electron chi connectivity index (χ1n) is 12.8. The van der Waals surface area contributed by atoms with Crippen LogP contribution in [-0.4, -0.2) is 55.6 Å². The van der Waals surface area contributed by atoms with E-state index in [0.717, 1.165) is 30.4 Å². The predicted molar refractivity (Wildman–Crippen MR) is 140 cm³/mol. The fraction of sp³-hybridized carbons (Fsp3) is 0.467. The summed E-state index contributed by atoms with van der Waals surface area (Å²) in [4.78, 5) is 0. The summed E-state index contributed by atoms with van der Waals surface area (Å²) in [6.45, 7) is 11.9. The summed E-state index contributed by atoms with van der Waals surface area (Å²) in [7, 11) is 0. The molecule has 6 nitrogen and oxygen atoms in total. The van der Waals surface area contributed by atoms with E-state index in [0.29, 0.717) is 32.0 Å². The average Bonchev–Trinajstić information content (AvgIpc) is 2.93. The van der Waals surface area contributed by atoms with Crippen molar-refractivity contribution in [2.75, 3.05) is 19.8 Å². The number of hydrogen-bond acceptors (Lipinski definition) is 6. The number of aliphatic hydroxyl groups is 1. The van der Waals surface area contributed by atoms with Gasteiger partial charge in [-0.15, -0.1) is 6.58 Å². The molecule has 0 spiro atoms. The number of aliphatic hydroxyl groups excluding tert-OH is 1. The highest BCUT2D eigenvalue weighted by atomic mass is 16.7. The Morgan fingerprint density at radius 2 is 1.58 bits per heavy atom. The zero-order valence-corrected chi connectivity index (χ0v) is 21.3. The second kappa shape index (κ2) is 15.7. The maximum Gasteiger partial charge on any atom is 0.158 e. The van der Waals surface area contributed by atoms with Crippen molar-refractivity contribution in [3.05, 3.63) is 96.6 Å². The molecule has 0 saturated carbocycles. The molecule has 1 N–H and O–H groups in total. The second-order valence-corrected chi connectivity index (χ2v) is 8.89. The molecule has 0 aromatic heterocycles. The third-order valence-electron chi connectivity index (χ3n) is 6.13. The highest BCUT2D eigenvalue weighted by Crippen LogP contribution is 2.24. The van der Waals surface area contributed by atoms with E-state index in [9.17, 15) is 5.11 Å². The Kier molecular flexibility index (Phi) is 12.3. The van der Waals surface area contributed by atoms with Gasteiger partial charge in [-0.3, -0.25) is 0 Å². The summed E-state index contributed by atoms with van der Waals surface area (Å²) in [6, 6.07) is 19.7. The number of rotatable bonds is 16. The van der Waals surface area contributed by atoms with Crippen molar-refractivity contribution in [2.45, 2.75) is 70.1 Å². The maximum atomic E-state index is 11.5. The first kappa shape index (κ1) is 28.3. The molecule has 1 fully saturated rings. The first-order valence-corrected chi connectivity index (χ1v) is 12.8. The average molecular weight is 497 g/mol. The van der Waals surface area contributed by atoms with Crippen LogP contribution in [0, 0.1) is 0 Å². The Labute approximate surface area is 215 Å². The summed E-state index contributed by atoms with van der Waals surface area (Å²) in [5.41, 5.74) is 2.49. The molecule has 0 amide bonds. The summed E-state index contributed by atoms with van der Waals surface area (Å²) in [5, 5.41) is 11.5. The molecule has 6 heteroatoms. The molecule has 2 aromatic carbocycles. The molecule has 1 saturated heterocycles. The molecular formula is C30H40O6. The smallest absolute Gasteiger partial charge is 0.158 e. The van der Waals surface area contributed by atoms with Crippen LogP contribution in [0.15, 0.2) is 85.5 Å². The number of benzene rings is 2. The van der Waals surface area contributed by atoms with Gasteiger partial charge in [0.15, 0.2) is 6.29 Å². The molecule has 196 valence electrons. The minimum absolute atomic E-state index is 0.163. The van der Waals surface area contributed by atoms with Crippen LogP contribution >= 0.6 is 0 Å². The lowest BCUT2D eigenvalue weighted by molar-refractivity contribution is -0.171. The zero-order chi connectivity index (χ0) is 25.6. The molecule has 2 aromatic rings. The van der Waals surface area contributed by atoms with Gasteiger partial charge in [0.1, 0.15) is 24.4 Å². The molecule has 2 unspecified atom stereocenters. The van der Waals surface area contributed by atoms with E-state index < -0.39 is 24.4 Å². The number of hydrogen-bond donors (Lipinski definition) is 1. The molecular weight excluding hydrogens is 456 g/mol. The fourth-order valence-electron chi connectivity index (χ4n) is 4.13. The van der Waals surface area contributed by atoms with E-state index in [1.165, 1.54) is 0 Å². The lowest BCUT2D eigenvalue weighted by Gasteiger charge is -2.35. The Morgan fingerprint density at radius 3 is 2.11 bits per heavy atom. The minimum Gasteiger partial charge on any atom is -0.386 e. The van der Waals surface area contributed by atoms with Crippen molar-refractivity contribution < 1.29 is 28.8 Å². The van der Waals surface area contributed by atoms with Gasteiger partial charge in [0.2, 0.25) is 0 Å². The second-order valence-electron chi connectivity index (χ2n) is 8.89. The molecule has 0 aliphatic carbocycles. The van der Waals surface area contributed by atoms with Gasteiger partial charge in [-0.1, -0.05) is 73.3 Å². The topological polar surface area (TPSA) is 66.4 Å². The van der Waals surface area contributed by atoms with Crippen molar-refractivity contribution >= 4 is 0 Å². The van der Waals surface area contributed by atoms with Crippen LogP contribution in [-0.2, 0) is 36.9 Å². The highest BCUT2D eigenvalue weighted by molar-refractivity contribution is 5.16. The quantitative estimate of drug-likeness (QED) is 0.322. The molecule has 1 heterocycles. The van der Waals surface area contributed by atoms with Crippen LogP contribution in [0.25, 0.3) is 0 Å². The standard InChI is InChI=1S/C30H40O6/c1-4-26(32-5-2)29(35-21-24-14-8-6-9-15-24)30(36-22-25-16-10-7-11-17-25)28(31)23(3)20-34-27-18-12-13-19-33-27/h4,6-11,14-17,26-31H,1,3,5,12-13,18-22H2,2H3/t26-,27?,28?,29+,30+/m1/s1. The fourth-order valence-corrected chi connectivity index (χ4v) is 4.13. The van der Waals surface area contributed by atoms with Gasteiger partial charge in [0.25, 0.3) is 0 Å². The van der Waals surface area contributed by atoms with Crippen LogP contribution in [0.3, 0.4) is 0 Å². The lowest BCUT2D eigenvalue weighted by Crippen LogP contribution is -2.49. The minimum atomic E-state index is -1.05. The van der Waals surface area contributed by atoms with Gasteiger partial charge < -0.3 is 28.8 Å².